The van der Waals surface area contributed by atoms with Gasteiger partial charge in [0.05, 0.1) is 0 Å². The molecule has 0 aromatic heterocycles. The van der Waals surface area contributed by atoms with Crippen molar-refractivity contribution in [1.29, 1.82) is 0 Å². The summed E-state index contributed by atoms with van der Waals surface area (Å²) in [4.78, 5) is 29.9. The number of hydrogen-bond donors (Lipinski definition) is 1. The molecule has 2 aromatic carbocycles. The van der Waals surface area contributed by atoms with Gasteiger partial charge < -0.3 is 4.74 Å². The van der Waals surface area contributed by atoms with Crippen molar-refractivity contribution in [2.24, 2.45) is 0 Å². The van der Waals surface area contributed by atoms with E-state index in [2.05, 4.69) is 4.84 Å². The van der Waals surface area contributed by atoms with E-state index in [0.29, 0.717) is 17.9 Å². The summed E-state index contributed by atoms with van der Waals surface area (Å²) in [7, 11) is 0. The second-order valence-electron chi connectivity index (χ2n) is 6.91. The number of thioether (sulfide) groups is 1. The Hall–Kier alpha value is -2.28. The molecular formula is C22H21ClN2O3S. The van der Waals surface area contributed by atoms with Crippen molar-refractivity contribution in [3.8, 4) is 0 Å². The highest BCUT2D eigenvalue weighted by atomic mass is 35.5. The molecule has 0 saturated carbocycles. The van der Waals surface area contributed by atoms with Crippen LogP contribution in [0.4, 0.5) is 0 Å². The highest BCUT2D eigenvalue weighted by Gasteiger charge is 2.53. The summed E-state index contributed by atoms with van der Waals surface area (Å²) in [5.74, 6) is -0.0106. The van der Waals surface area contributed by atoms with Crippen LogP contribution < -0.4 is 4.84 Å². The molecule has 4 rings (SSSR count). The zero-order valence-electron chi connectivity index (χ0n) is 15.9. The van der Waals surface area contributed by atoms with E-state index in [1.165, 1.54) is 4.90 Å². The minimum absolute atomic E-state index is 0.190. The first-order chi connectivity index (χ1) is 14.2. The van der Waals surface area contributed by atoms with Crippen LogP contribution in [0.15, 0.2) is 71.9 Å². The fourth-order valence-electron chi connectivity index (χ4n) is 3.66. The second kappa shape index (κ2) is 8.61. The van der Waals surface area contributed by atoms with Crippen molar-refractivity contribution in [2.45, 2.75) is 30.9 Å². The van der Waals surface area contributed by atoms with Crippen LogP contribution in [0.2, 0.25) is 0 Å². The van der Waals surface area contributed by atoms with Gasteiger partial charge in [-0.05, 0) is 34.9 Å². The Balaban J connectivity index is 1.66. The van der Waals surface area contributed by atoms with E-state index in [4.69, 9.17) is 16.5 Å². The lowest BCUT2D eigenvalue weighted by Crippen LogP contribution is -2.68. The molecule has 0 aliphatic carbocycles. The van der Waals surface area contributed by atoms with Crippen LogP contribution in [0.25, 0.3) is 0 Å². The third kappa shape index (κ3) is 3.68. The Kier molecular flexibility index (Phi) is 5.94. The molecule has 0 bridgehead atoms. The number of esters is 1. The van der Waals surface area contributed by atoms with E-state index in [0.717, 1.165) is 16.7 Å². The van der Waals surface area contributed by atoms with Gasteiger partial charge >= 0.3 is 5.97 Å². The zero-order valence-corrected chi connectivity index (χ0v) is 17.5. The molecule has 1 fully saturated rings. The number of hydrogen-bond acceptors (Lipinski definition) is 5. The maximum absolute atomic E-state index is 13.3. The number of nitrogens with one attached hydrogen (secondary N) is 1. The van der Waals surface area contributed by atoms with Gasteiger partial charge in [0.1, 0.15) is 17.1 Å². The molecule has 1 saturated heterocycles. The molecule has 150 valence electrons. The summed E-state index contributed by atoms with van der Waals surface area (Å²) in [5, 5.41) is -0.190. The van der Waals surface area contributed by atoms with Gasteiger partial charge in [-0.15, -0.1) is 11.8 Å². The van der Waals surface area contributed by atoms with Crippen LogP contribution in [0.3, 0.4) is 0 Å². The highest BCUT2D eigenvalue weighted by molar-refractivity contribution is 8.00. The molecular weight excluding hydrogens is 408 g/mol. The van der Waals surface area contributed by atoms with Gasteiger partial charge in [0.25, 0.3) is 0 Å². The Morgan fingerprint density at radius 2 is 1.76 bits per heavy atom. The molecule has 2 atom stereocenters. The minimum atomic E-state index is -0.554. The largest absolute Gasteiger partial charge is 0.448 e. The summed E-state index contributed by atoms with van der Waals surface area (Å²) in [6, 6.07) is 18.8. The van der Waals surface area contributed by atoms with Crippen molar-refractivity contribution in [1.82, 2.24) is 9.74 Å². The zero-order chi connectivity index (χ0) is 20.4. The van der Waals surface area contributed by atoms with Crippen LogP contribution in [0.5, 0.6) is 0 Å². The summed E-state index contributed by atoms with van der Waals surface area (Å²) >= 11 is 7.32. The van der Waals surface area contributed by atoms with Crippen molar-refractivity contribution in [3.63, 3.8) is 0 Å². The topological polar surface area (TPSA) is 58.6 Å². The molecule has 0 radical (unpaired) electrons. The Labute approximate surface area is 179 Å². The molecule has 2 heterocycles. The molecule has 2 aromatic rings. The number of fused-ring (bicyclic) bond motifs is 1. The van der Waals surface area contributed by atoms with E-state index in [-0.39, 0.29) is 11.3 Å². The maximum Gasteiger partial charge on any atom is 0.356 e. The maximum atomic E-state index is 13.3. The van der Waals surface area contributed by atoms with E-state index in [1.807, 2.05) is 67.6 Å². The number of carbonyl (C=O) groups is 2. The number of nitrogens with zero attached hydrogens (tertiary/aromatic N) is 1. The standard InChI is InChI=1S/C22H21ClN2O3S/c1-2-14-13-29-21-17(24-23)20(26)25(21)18(14)22(27)28-19(15-9-5-3-6-10-15)16-11-7-4-8-12-16/h3-12,17,19,21,24H,2,13H2,1H3. The number of β-lactam (4-membered cyclic amide) rings is 1. The first-order valence-corrected chi connectivity index (χ1v) is 10.9. The summed E-state index contributed by atoms with van der Waals surface area (Å²) in [6.45, 7) is 1.98. The number of amides is 1. The quantitative estimate of drug-likeness (QED) is 0.428. The summed E-state index contributed by atoms with van der Waals surface area (Å²) < 4.78 is 6.01. The summed E-state index contributed by atoms with van der Waals surface area (Å²) in [5.41, 5.74) is 3.03. The predicted molar refractivity (Wildman–Crippen MR) is 114 cm³/mol. The van der Waals surface area contributed by atoms with Gasteiger partial charge in [0, 0.05) is 5.75 Å². The lowest BCUT2D eigenvalue weighted by Gasteiger charge is -2.49. The SMILES string of the molecule is CCC1=C(C(=O)OC(c2ccccc2)c2ccccc2)N2C(=O)C(NCl)C2SC1. The Morgan fingerprint density at radius 3 is 2.28 bits per heavy atom. The highest BCUT2D eigenvalue weighted by Crippen LogP contribution is 2.42. The molecule has 1 amide bonds. The molecule has 1 N–H and O–H groups in total. The van der Waals surface area contributed by atoms with Gasteiger partial charge in [0.2, 0.25) is 5.91 Å². The van der Waals surface area contributed by atoms with Crippen LogP contribution in [-0.2, 0) is 14.3 Å². The van der Waals surface area contributed by atoms with E-state index in [9.17, 15) is 9.59 Å². The van der Waals surface area contributed by atoms with Gasteiger partial charge in [-0.2, -0.15) is 0 Å². The molecule has 2 aliphatic heterocycles. The number of benzene rings is 2. The lowest BCUT2D eigenvalue weighted by atomic mass is 10.0. The monoisotopic (exact) mass is 428 g/mol. The van der Waals surface area contributed by atoms with Gasteiger partial charge in [-0.3, -0.25) is 9.69 Å². The Bertz CT molecular complexity index is 896. The number of carbonyl (C=O) groups excluding carboxylic acids is 2. The summed E-state index contributed by atoms with van der Waals surface area (Å²) in [6.07, 6.45) is 0.121. The van der Waals surface area contributed by atoms with Crippen LogP contribution in [0.1, 0.15) is 30.6 Å². The van der Waals surface area contributed by atoms with E-state index >= 15 is 0 Å². The first-order valence-electron chi connectivity index (χ1n) is 9.49. The van der Waals surface area contributed by atoms with Gasteiger partial charge in [-0.25, -0.2) is 9.63 Å². The average Bonchev–Trinajstić information content (AvgIpc) is 2.77. The second-order valence-corrected chi connectivity index (χ2v) is 8.23. The minimum Gasteiger partial charge on any atom is -0.448 e. The predicted octanol–water partition coefficient (Wildman–Crippen LogP) is 4.01. The average molecular weight is 429 g/mol. The molecule has 2 unspecified atom stereocenters. The Morgan fingerprint density at radius 1 is 1.17 bits per heavy atom. The number of rotatable bonds is 6. The third-order valence-electron chi connectivity index (χ3n) is 5.21. The van der Waals surface area contributed by atoms with Gasteiger partial charge in [0.15, 0.2) is 6.10 Å². The number of ether oxygens (including phenoxy) is 1. The smallest absolute Gasteiger partial charge is 0.356 e. The molecule has 2 aliphatic rings. The molecule has 0 spiro atoms. The van der Waals surface area contributed by atoms with Crippen LogP contribution in [0, 0.1) is 0 Å². The van der Waals surface area contributed by atoms with Crippen molar-refractivity contribution in [2.75, 3.05) is 5.75 Å². The van der Waals surface area contributed by atoms with E-state index in [1.54, 1.807) is 11.8 Å². The number of halogens is 1. The van der Waals surface area contributed by atoms with Crippen molar-refractivity contribution in [3.05, 3.63) is 83.1 Å². The third-order valence-corrected chi connectivity index (χ3v) is 6.79. The molecule has 5 nitrogen and oxygen atoms in total. The van der Waals surface area contributed by atoms with Crippen molar-refractivity contribution >= 4 is 35.4 Å². The normalized spacial score (nSPS) is 21.1. The lowest BCUT2D eigenvalue weighted by molar-refractivity contribution is -0.153. The first kappa shape index (κ1) is 20.0. The fourth-order valence-corrected chi connectivity index (χ4v) is 5.39. The molecule has 29 heavy (non-hydrogen) atoms. The van der Waals surface area contributed by atoms with Crippen LogP contribution in [-0.4, -0.2) is 33.9 Å². The van der Waals surface area contributed by atoms with Crippen LogP contribution >= 0.6 is 23.5 Å². The molecule has 7 heteroatoms. The van der Waals surface area contributed by atoms with Crippen molar-refractivity contribution < 1.29 is 14.3 Å². The van der Waals surface area contributed by atoms with Gasteiger partial charge in [-0.1, -0.05) is 67.6 Å². The fraction of sp³-hybridized carbons (Fsp3) is 0.273. The van der Waals surface area contributed by atoms with E-state index < -0.39 is 18.1 Å².